The van der Waals surface area contributed by atoms with Crippen LogP contribution in [0.4, 0.5) is 0 Å². The minimum atomic E-state index is -1.37. The second-order valence-corrected chi connectivity index (χ2v) is 9.34. The van der Waals surface area contributed by atoms with Gasteiger partial charge in [-0.05, 0) is 24.7 Å². The first-order valence-electron chi connectivity index (χ1n) is 11.4. The van der Waals surface area contributed by atoms with E-state index in [0.717, 1.165) is 0 Å². The van der Waals surface area contributed by atoms with Crippen LogP contribution in [-0.2, 0) is 30.4 Å². The molecule has 1 aromatic heterocycles. The van der Waals surface area contributed by atoms with E-state index in [4.69, 9.17) is 11.5 Å². The lowest BCUT2D eigenvalue weighted by Gasteiger charge is -2.26. The van der Waals surface area contributed by atoms with Crippen molar-refractivity contribution in [3.05, 3.63) is 18.2 Å². The van der Waals surface area contributed by atoms with Crippen LogP contribution in [0.5, 0.6) is 0 Å². The number of hydrogen-bond donors (Lipinski definition) is 7. The number of aromatic nitrogens is 2. The van der Waals surface area contributed by atoms with Crippen molar-refractivity contribution in [3.8, 4) is 0 Å². The third kappa shape index (κ3) is 11.0. The summed E-state index contributed by atoms with van der Waals surface area (Å²) in [5, 5.41) is 16.8. The molecule has 0 saturated heterocycles. The number of carbonyl (C=O) groups is 5. The first-order chi connectivity index (χ1) is 16.3. The van der Waals surface area contributed by atoms with Gasteiger partial charge >= 0.3 is 5.97 Å². The molecule has 0 spiro atoms. The summed E-state index contributed by atoms with van der Waals surface area (Å²) in [5.74, 6) is -4.26. The SMILES string of the molecule is CC(C)CC(NC(=O)C(CC(C)C)NC(=O)C(CC(N)=O)NC(=O)C(N)Cc1cnc[nH]1)C(=O)O. The van der Waals surface area contributed by atoms with Crippen molar-refractivity contribution < 1.29 is 29.1 Å². The minimum Gasteiger partial charge on any atom is -0.480 e. The quantitative estimate of drug-likeness (QED) is 0.156. The number of carboxylic acids is 1. The third-order valence-electron chi connectivity index (χ3n) is 5.03. The lowest BCUT2D eigenvalue weighted by atomic mass is 10.00. The zero-order valence-electron chi connectivity index (χ0n) is 20.5. The lowest BCUT2D eigenvalue weighted by Crippen LogP contribution is -2.58. The molecule has 1 heterocycles. The Morgan fingerprint density at radius 1 is 0.914 bits per heavy atom. The van der Waals surface area contributed by atoms with E-state index in [1.165, 1.54) is 12.5 Å². The normalized spacial score (nSPS) is 14.6. The van der Waals surface area contributed by atoms with Crippen molar-refractivity contribution in [2.24, 2.45) is 23.3 Å². The highest BCUT2D eigenvalue weighted by atomic mass is 16.4. The second kappa shape index (κ2) is 14.0. The van der Waals surface area contributed by atoms with Gasteiger partial charge < -0.3 is 37.5 Å². The Morgan fingerprint density at radius 2 is 1.43 bits per heavy atom. The van der Waals surface area contributed by atoms with E-state index in [1.807, 2.05) is 27.7 Å². The van der Waals surface area contributed by atoms with Gasteiger partial charge in [-0.25, -0.2) is 9.78 Å². The number of imidazole rings is 1. The number of nitrogens with zero attached hydrogens (tertiary/aromatic N) is 1. The largest absolute Gasteiger partial charge is 0.480 e. The predicted molar refractivity (Wildman–Crippen MR) is 126 cm³/mol. The Hall–Kier alpha value is -3.48. The standard InChI is InChI=1S/C22H37N7O6/c1-11(2)5-15(20(32)29-17(22(34)35)6-12(3)4)28-21(33)16(8-18(24)30)27-19(31)14(23)7-13-9-25-10-26-13/h9-12,14-17H,5-8,23H2,1-4H3,(H2,24,30)(H,25,26)(H,27,31)(H,28,33)(H,29,32)(H,34,35). The van der Waals surface area contributed by atoms with Crippen molar-refractivity contribution >= 4 is 29.6 Å². The fourth-order valence-electron chi connectivity index (χ4n) is 3.36. The van der Waals surface area contributed by atoms with Gasteiger partial charge in [0.05, 0.1) is 18.8 Å². The summed E-state index contributed by atoms with van der Waals surface area (Å²) in [5.41, 5.74) is 11.8. The van der Waals surface area contributed by atoms with Crippen molar-refractivity contribution in [1.29, 1.82) is 0 Å². The molecular weight excluding hydrogens is 458 g/mol. The molecule has 0 fully saturated rings. The van der Waals surface area contributed by atoms with Crippen LogP contribution >= 0.6 is 0 Å². The van der Waals surface area contributed by atoms with Crippen molar-refractivity contribution in [2.75, 3.05) is 0 Å². The molecule has 0 aromatic carbocycles. The molecule has 0 saturated carbocycles. The Morgan fingerprint density at radius 3 is 1.91 bits per heavy atom. The summed E-state index contributed by atoms with van der Waals surface area (Å²) in [6, 6.07) is -4.64. The first kappa shape index (κ1) is 29.6. The van der Waals surface area contributed by atoms with Crippen LogP contribution < -0.4 is 27.4 Å². The maximum absolute atomic E-state index is 13.0. The Labute approximate surface area is 204 Å². The number of nitrogens with two attached hydrogens (primary N) is 2. The molecule has 4 amide bonds. The number of amides is 4. The summed E-state index contributed by atoms with van der Waals surface area (Å²) in [7, 11) is 0. The number of aliphatic carboxylic acids is 1. The molecule has 1 aromatic rings. The number of carboxylic acid groups (broad SMARTS) is 1. The molecule has 0 aliphatic heterocycles. The summed E-state index contributed by atoms with van der Waals surface area (Å²) in [6.07, 6.45) is 2.93. The topological polar surface area (TPSA) is 222 Å². The molecule has 9 N–H and O–H groups in total. The molecule has 1 rings (SSSR count). The van der Waals surface area contributed by atoms with E-state index in [0.29, 0.717) is 5.69 Å². The van der Waals surface area contributed by atoms with Gasteiger partial charge in [-0.2, -0.15) is 0 Å². The summed E-state index contributed by atoms with van der Waals surface area (Å²) < 4.78 is 0. The van der Waals surface area contributed by atoms with E-state index in [1.54, 1.807) is 0 Å². The van der Waals surface area contributed by atoms with Crippen LogP contribution in [0, 0.1) is 11.8 Å². The van der Waals surface area contributed by atoms with E-state index in [2.05, 4.69) is 25.9 Å². The van der Waals surface area contributed by atoms with E-state index >= 15 is 0 Å². The van der Waals surface area contributed by atoms with Crippen LogP contribution in [0.2, 0.25) is 0 Å². The fraction of sp³-hybridized carbons (Fsp3) is 0.636. The average molecular weight is 496 g/mol. The number of rotatable bonds is 15. The molecule has 0 radical (unpaired) electrons. The number of nitrogens with one attached hydrogen (secondary N) is 4. The van der Waals surface area contributed by atoms with Gasteiger partial charge in [0.1, 0.15) is 18.1 Å². The molecule has 0 bridgehead atoms. The summed E-state index contributed by atoms with van der Waals surface area (Å²) in [4.78, 5) is 68.1. The molecule has 13 nitrogen and oxygen atoms in total. The van der Waals surface area contributed by atoms with E-state index < -0.39 is 60.2 Å². The Kier molecular flexibility index (Phi) is 11.9. The number of hydrogen-bond acceptors (Lipinski definition) is 7. The Bertz CT molecular complexity index is 872. The van der Waals surface area contributed by atoms with Crippen molar-refractivity contribution in [1.82, 2.24) is 25.9 Å². The van der Waals surface area contributed by atoms with Gasteiger partial charge in [0, 0.05) is 18.3 Å². The molecule has 196 valence electrons. The van der Waals surface area contributed by atoms with E-state index in [9.17, 15) is 29.1 Å². The van der Waals surface area contributed by atoms with Gasteiger partial charge in [0.25, 0.3) is 0 Å². The number of carbonyl (C=O) groups excluding carboxylic acids is 4. The van der Waals surface area contributed by atoms with Crippen molar-refractivity contribution in [2.45, 2.75) is 77.5 Å². The van der Waals surface area contributed by atoms with E-state index in [-0.39, 0.29) is 31.1 Å². The van der Waals surface area contributed by atoms with Gasteiger partial charge in [0.15, 0.2) is 0 Å². The fourth-order valence-corrected chi connectivity index (χ4v) is 3.36. The molecular formula is C22H37N7O6. The van der Waals surface area contributed by atoms with Gasteiger partial charge in [-0.1, -0.05) is 27.7 Å². The van der Waals surface area contributed by atoms with Crippen LogP contribution in [0.15, 0.2) is 12.5 Å². The van der Waals surface area contributed by atoms with Crippen molar-refractivity contribution in [3.63, 3.8) is 0 Å². The highest BCUT2D eigenvalue weighted by molar-refractivity contribution is 5.96. The predicted octanol–water partition coefficient (Wildman–Crippen LogP) is -1.21. The molecule has 4 unspecified atom stereocenters. The van der Waals surface area contributed by atoms with Crippen LogP contribution in [0.3, 0.4) is 0 Å². The molecule has 13 heteroatoms. The highest BCUT2D eigenvalue weighted by Crippen LogP contribution is 2.10. The zero-order valence-corrected chi connectivity index (χ0v) is 20.5. The summed E-state index contributed by atoms with van der Waals surface area (Å²) >= 11 is 0. The zero-order chi connectivity index (χ0) is 26.7. The number of aromatic amines is 1. The third-order valence-corrected chi connectivity index (χ3v) is 5.03. The lowest BCUT2D eigenvalue weighted by molar-refractivity contribution is -0.143. The van der Waals surface area contributed by atoms with Gasteiger partial charge in [0.2, 0.25) is 23.6 Å². The number of primary amides is 1. The van der Waals surface area contributed by atoms with Crippen LogP contribution in [0.25, 0.3) is 0 Å². The minimum absolute atomic E-state index is 0.00988. The molecule has 0 aliphatic rings. The van der Waals surface area contributed by atoms with Crippen LogP contribution in [-0.4, -0.2) is 68.8 Å². The molecule has 35 heavy (non-hydrogen) atoms. The highest BCUT2D eigenvalue weighted by Gasteiger charge is 2.31. The number of H-pyrrole nitrogens is 1. The maximum Gasteiger partial charge on any atom is 0.326 e. The molecule has 0 aliphatic carbocycles. The van der Waals surface area contributed by atoms with Gasteiger partial charge in [-0.15, -0.1) is 0 Å². The summed E-state index contributed by atoms with van der Waals surface area (Å²) in [6.45, 7) is 7.30. The molecule has 4 atom stereocenters. The van der Waals surface area contributed by atoms with Gasteiger partial charge in [-0.3, -0.25) is 19.2 Å². The first-order valence-corrected chi connectivity index (χ1v) is 11.4. The van der Waals surface area contributed by atoms with Crippen LogP contribution in [0.1, 0.15) is 52.7 Å². The Balaban J connectivity index is 2.95. The average Bonchev–Trinajstić information content (AvgIpc) is 3.23. The smallest absolute Gasteiger partial charge is 0.326 e. The second-order valence-electron chi connectivity index (χ2n) is 9.34. The maximum atomic E-state index is 13.0. The monoisotopic (exact) mass is 495 g/mol.